The van der Waals surface area contributed by atoms with Crippen LogP contribution in [0.5, 0.6) is 5.75 Å². The Morgan fingerprint density at radius 2 is 2.06 bits per heavy atom. The summed E-state index contributed by atoms with van der Waals surface area (Å²) in [6, 6.07) is 4.16. The Bertz CT molecular complexity index is 395. The summed E-state index contributed by atoms with van der Waals surface area (Å²) in [5.41, 5.74) is 6.04. The molecule has 4 heteroatoms. The minimum atomic E-state index is -0.289. The van der Waals surface area contributed by atoms with Crippen molar-refractivity contribution >= 4 is 0 Å². The van der Waals surface area contributed by atoms with Crippen LogP contribution in [0.3, 0.4) is 0 Å². The van der Waals surface area contributed by atoms with Crippen LogP contribution in [0, 0.1) is 13.8 Å². The molecule has 1 aliphatic heterocycles. The van der Waals surface area contributed by atoms with Gasteiger partial charge in [0.1, 0.15) is 11.3 Å². The molecule has 2 rings (SSSR count). The zero-order valence-electron chi connectivity index (χ0n) is 9.96. The van der Waals surface area contributed by atoms with Crippen LogP contribution in [0.1, 0.15) is 16.7 Å². The van der Waals surface area contributed by atoms with Crippen molar-refractivity contribution in [1.29, 1.82) is 0 Å². The summed E-state index contributed by atoms with van der Waals surface area (Å²) in [5, 5.41) is 0. The number of nitrogens with two attached hydrogens (primary N) is 1. The average Bonchev–Trinajstić information content (AvgIpc) is 2.19. The summed E-state index contributed by atoms with van der Waals surface area (Å²) < 4.78 is 10.7. The Morgan fingerprint density at radius 1 is 1.38 bits per heavy atom. The lowest BCUT2D eigenvalue weighted by Crippen LogP contribution is -2.60. The number of ether oxygens (including phenoxy) is 2. The van der Waals surface area contributed by atoms with E-state index in [4.69, 9.17) is 15.3 Å². The minimum absolute atomic E-state index is 0.289. The predicted molar refractivity (Wildman–Crippen MR) is 62.3 cm³/mol. The van der Waals surface area contributed by atoms with E-state index in [2.05, 4.69) is 25.3 Å². The van der Waals surface area contributed by atoms with Gasteiger partial charge in [-0.25, -0.2) is 5.43 Å². The van der Waals surface area contributed by atoms with E-state index in [1.54, 1.807) is 7.11 Å². The summed E-state index contributed by atoms with van der Waals surface area (Å²) in [4.78, 5) is 0. The number of methoxy groups -OCH3 is 1. The first-order valence-electron chi connectivity index (χ1n) is 5.34. The highest BCUT2D eigenvalue weighted by atomic mass is 16.5. The molecule has 1 aliphatic rings. The van der Waals surface area contributed by atoms with Crippen molar-refractivity contribution in [2.75, 3.05) is 20.3 Å². The monoisotopic (exact) mass is 222 g/mol. The molecule has 1 fully saturated rings. The van der Waals surface area contributed by atoms with Gasteiger partial charge in [-0.1, -0.05) is 6.07 Å². The predicted octanol–water partition coefficient (Wildman–Crippen LogP) is 1.00. The van der Waals surface area contributed by atoms with Gasteiger partial charge < -0.3 is 9.47 Å². The van der Waals surface area contributed by atoms with Gasteiger partial charge in [-0.3, -0.25) is 5.84 Å². The first kappa shape index (κ1) is 11.4. The molecular formula is C12H18N2O2. The van der Waals surface area contributed by atoms with E-state index in [0.29, 0.717) is 13.2 Å². The van der Waals surface area contributed by atoms with Crippen LogP contribution in [-0.4, -0.2) is 20.3 Å². The van der Waals surface area contributed by atoms with E-state index >= 15 is 0 Å². The van der Waals surface area contributed by atoms with E-state index in [9.17, 15) is 0 Å². The Hall–Kier alpha value is -1.10. The Kier molecular flexibility index (Phi) is 2.88. The number of hydrogen-bond donors (Lipinski definition) is 2. The summed E-state index contributed by atoms with van der Waals surface area (Å²) >= 11 is 0. The number of hydrogen-bond acceptors (Lipinski definition) is 4. The lowest BCUT2D eigenvalue weighted by atomic mass is 9.84. The molecule has 1 aromatic carbocycles. The normalized spacial score (nSPS) is 18.0. The van der Waals surface area contributed by atoms with E-state index in [1.807, 2.05) is 6.07 Å². The molecule has 0 aliphatic carbocycles. The number of hydrazine groups is 1. The Balaban J connectivity index is 2.54. The van der Waals surface area contributed by atoms with Gasteiger partial charge in [0, 0.05) is 5.56 Å². The third-order valence-electron chi connectivity index (χ3n) is 3.12. The lowest BCUT2D eigenvalue weighted by Gasteiger charge is -2.42. The third-order valence-corrected chi connectivity index (χ3v) is 3.12. The van der Waals surface area contributed by atoms with Gasteiger partial charge in [0.05, 0.1) is 20.3 Å². The van der Waals surface area contributed by atoms with Crippen LogP contribution < -0.4 is 16.0 Å². The number of rotatable bonds is 3. The zero-order chi connectivity index (χ0) is 11.8. The molecule has 1 saturated heterocycles. The van der Waals surface area contributed by atoms with Gasteiger partial charge >= 0.3 is 0 Å². The van der Waals surface area contributed by atoms with Crippen molar-refractivity contribution in [3.8, 4) is 5.75 Å². The lowest BCUT2D eigenvalue weighted by molar-refractivity contribution is -0.0798. The van der Waals surface area contributed by atoms with Crippen molar-refractivity contribution in [2.45, 2.75) is 19.4 Å². The SMILES string of the molecule is COc1cc(C)cc(C)c1C1(NN)COC1. The molecule has 0 saturated carbocycles. The highest BCUT2D eigenvalue weighted by molar-refractivity contribution is 5.48. The highest BCUT2D eigenvalue weighted by Gasteiger charge is 2.42. The molecule has 88 valence electrons. The molecule has 0 amide bonds. The number of benzene rings is 1. The van der Waals surface area contributed by atoms with E-state index < -0.39 is 0 Å². The molecule has 0 spiro atoms. The Labute approximate surface area is 95.7 Å². The van der Waals surface area contributed by atoms with Crippen LogP contribution >= 0.6 is 0 Å². The molecule has 0 aromatic heterocycles. The molecule has 0 radical (unpaired) electrons. The van der Waals surface area contributed by atoms with Crippen LogP contribution in [0.25, 0.3) is 0 Å². The summed E-state index contributed by atoms with van der Waals surface area (Å²) in [6.45, 7) is 5.30. The second-order valence-corrected chi connectivity index (χ2v) is 4.38. The van der Waals surface area contributed by atoms with Crippen LogP contribution in [0.4, 0.5) is 0 Å². The second kappa shape index (κ2) is 4.05. The molecule has 16 heavy (non-hydrogen) atoms. The van der Waals surface area contributed by atoms with Gasteiger partial charge in [0.25, 0.3) is 0 Å². The summed E-state index contributed by atoms with van der Waals surface area (Å²) in [7, 11) is 1.68. The summed E-state index contributed by atoms with van der Waals surface area (Å²) in [5.74, 6) is 6.52. The van der Waals surface area contributed by atoms with Crippen molar-refractivity contribution in [3.63, 3.8) is 0 Å². The van der Waals surface area contributed by atoms with Gasteiger partial charge in [0.15, 0.2) is 0 Å². The standard InChI is InChI=1S/C12H18N2O2/c1-8-4-9(2)11(10(5-8)15-3)12(14-13)6-16-7-12/h4-5,14H,6-7,13H2,1-3H3. The molecule has 0 unspecified atom stereocenters. The molecule has 1 heterocycles. The van der Waals surface area contributed by atoms with Gasteiger partial charge in [0.2, 0.25) is 0 Å². The van der Waals surface area contributed by atoms with E-state index in [1.165, 1.54) is 11.1 Å². The highest BCUT2D eigenvalue weighted by Crippen LogP contribution is 2.38. The summed E-state index contributed by atoms with van der Waals surface area (Å²) in [6.07, 6.45) is 0. The van der Waals surface area contributed by atoms with Crippen LogP contribution in [0.15, 0.2) is 12.1 Å². The maximum absolute atomic E-state index is 5.65. The van der Waals surface area contributed by atoms with Crippen molar-refractivity contribution in [1.82, 2.24) is 5.43 Å². The first-order valence-corrected chi connectivity index (χ1v) is 5.34. The van der Waals surface area contributed by atoms with Gasteiger partial charge in [-0.05, 0) is 31.0 Å². The van der Waals surface area contributed by atoms with Crippen molar-refractivity contribution in [3.05, 3.63) is 28.8 Å². The minimum Gasteiger partial charge on any atom is -0.496 e. The third kappa shape index (κ3) is 1.59. The maximum atomic E-state index is 5.65. The first-order chi connectivity index (χ1) is 7.63. The number of nitrogens with one attached hydrogen (secondary N) is 1. The molecule has 0 atom stereocenters. The maximum Gasteiger partial charge on any atom is 0.124 e. The fourth-order valence-corrected chi connectivity index (χ4v) is 2.31. The van der Waals surface area contributed by atoms with Crippen molar-refractivity contribution in [2.24, 2.45) is 5.84 Å². The molecule has 4 nitrogen and oxygen atoms in total. The second-order valence-electron chi connectivity index (χ2n) is 4.38. The molecular weight excluding hydrogens is 204 g/mol. The van der Waals surface area contributed by atoms with E-state index in [-0.39, 0.29) is 5.54 Å². The number of aryl methyl sites for hydroxylation is 2. The van der Waals surface area contributed by atoms with Gasteiger partial charge in [-0.2, -0.15) is 0 Å². The largest absolute Gasteiger partial charge is 0.496 e. The van der Waals surface area contributed by atoms with Gasteiger partial charge in [-0.15, -0.1) is 0 Å². The molecule has 1 aromatic rings. The fourth-order valence-electron chi connectivity index (χ4n) is 2.31. The Morgan fingerprint density at radius 3 is 2.50 bits per heavy atom. The fraction of sp³-hybridized carbons (Fsp3) is 0.500. The van der Waals surface area contributed by atoms with Crippen LogP contribution in [0.2, 0.25) is 0 Å². The van der Waals surface area contributed by atoms with E-state index in [0.717, 1.165) is 11.3 Å². The van der Waals surface area contributed by atoms with Crippen molar-refractivity contribution < 1.29 is 9.47 Å². The van der Waals surface area contributed by atoms with Crippen LogP contribution in [-0.2, 0) is 10.3 Å². The zero-order valence-corrected chi connectivity index (χ0v) is 9.96. The smallest absolute Gasteiger partial charge is 0.124 e. The molecule has 3 N–H and O–H groups in total. The topological polar surface area (TPSA) is 56.5 Å². The molecule has 0 bridgehead atoms. The average molecular weight is 222 g/mol. The quantitative estimate of drug-likeness (QED) is 0.592.